The molecule has 2 fully saturated rings. The molecule has 1 N–H and O–H groups in total. The number of nitrogens with one attached hydrogen (secondary N) is 1. The van der Waals surface area contributed by atoms with Crippen LogP contribution in [-0.4, -0.2) is 46.1 Å². The van der Waals surface area contributed by atoms with Crippen LogP contribution < -0.4 is 15.0 Å². The lowest BCUT2D eigenvalue weighted by Crippen LogP contribution is -2.62. The van der Waals surface area contributed by atoms with Gasteiger partial charge in [-0.2, -0.15) is 5.10 Å². The summed E-state index contributed by atoms with van der Waals surface area (Å²) >= 11 is 0. The van der Waals surface area contributed by atoms with Gasteiger partial charge in [0.25, 0.3) is 0 Å². The lowest BCUT2D eigenvalue weighted by molar-refractivity contribution is 0.141. The third kappa shape index (κ3) is 2.97. The smallest absolute Gasteiger partial charge is 0.223 e. The first-order chi connectivity index (χ1) is 14.2. The molecule has 2 aliphatic heterocycles. The first kappa shape index (κ1) is 17.0. The molecule has 0 radical (unpaired) electrons. The van der Waals surface area contributed by atoms with E-state index in [1.165, 1.54) is 5.69 Å². The molecule has 4 heterocycles. The van der Waals surface area contributed by atoms with Crippen LogP contribution in [0.4, 0.5) is 10.1 Å². The molecule has 0 spiro atoms. The largest absolute Gasteiger partial charge is 0.472 e. The summed E-state index contributed by atoms with van der Waals surface area (Å²) in [7, 11) is 0. The molecule has 1 saturated heterocycles. The van der Waals surface area contributed by atoms with E-state index in [1.54, 1.807) is 6.20 Å². The van der Waals surface area contributed by atoms with Crippen LogP contribution in [0, 0.1) is 0 Å². The van der Waals surface area contributed by atoms with Crippen molar-refractivity contribution < 1.29 is 9.13 Å². The number of nitrogens with zero attached hydrogens (tertiary/aromatic N) is 4. The van der Waals surface area contributed by atoms with Gasteiger partial charge < -0.3 is 15.0 Å². The minimum absolute atomic E-state index is 0.370. The second-order valence-corrected chi connectivity index (χ2v) is 8.14. The van der Waals surface area contributed by atoms with E-state index in [2.05, 4.69) is 39.5 Å². The molecule has 6 nitrogen and oxygen atoms in total. The quantitative estimate of drug-likeness (QED) is 0.741. The first-order valence-corrected chi connectivity index (χ1v) is 10.2. The van der Waals surface area contributed by atoms with Gasteiger partial charge in [0.05, 0.1) is 11.3 Å². The fourth-order valence-electron chi connectivity index (χ4n) is 4.34. The zero-order valence-corrected chi connectivity index (χ0v) is 16.0. The van der Waals surface area contributed by atoms with Crippen molar-refractivity contribution in [3.8, 4) is 22.8 Å². The Morgan fingerprint density at radius 2 is 1.83 bits per heavy atom. The van der Waals surface area contributed by atoms with Crippen molar-refractivity contribution in [2.75, 3.05) is 18.0 Å². The number of rotatable bonds is 4. The number of pyridine rings is 1. The molecule has 1 aliphatic carbocycles. The van der Waals surface area contributed by atoms with Gasteiger partial charge in [-0.1, -0.05) is 0 Å². The van der Waals surface area contributed by atoms with Gasteiger partial charge in [0.1, 0.15) is 18.5 Å². The van der Waals surface area contributed by atoms with Crippen LogP contribution >= 0.6 is 0 Å². The van der Waals surface area contributed by atoms with E-state index < -0.39 is 6.17 Å². The lowest BCUT2D eigenvalue weighted by Gasteiger charge is -2.45. The Balaban J connectivity index is 1.15. The number of fused-ring (bicyclic) bond motifs is 3. The SMILES string of the molecule is FC1CC(NC2CN(c3ccc(-n4cc5c(n4)-c4cccnc4OC5)cc3)C2)C1. The number of halogens is 1. The van der Waals surface area contributed by atoms with Gasteiger partial charge in [-0.15, -0.1) is 0 Å². The van der Waals surface area contributed by atoms with Gasteiger partial charge in [0.15, 0.2) is 0 Å². The van der Waals surface area contributed by atoms with Gasteiger partial charge >= 0.3 is 0 Å². The highest BCUT2D eigenvalue weighted by Gasteiger charge is 2.34. The average Bonchev–Trinajstić information content (AvgIpc) is 3.14. The van der Waals surface area contributed by atoms with Crippen molar-refractivity contribution in [3.05, 3.63) is 54.4 Å². The van der Waals surface area contributed by atoms with Crippen molar-refractivity contribution >= 4 is 5.69 Å². The van der Waals surface area contributed by atoms with E-state index in [1.807, 2.05) is 23.0 Å². The summed E-state index contributed by atoms with van der Waals surface area (Å²) in [5.74, 6) is 0.644. The first-order valence-electron chi connectivity index (χ1n) is 10.2. The highest BCUT2D eigenvalue weighted by atomic mass is 19.1. The second kappa shape index (κ2) is 6.56. The standard InChI is InChI=1S/C22H22FN5O/c23-15-8-16(9-15)25-17-11-27(12-17)18-3-5-19(6-4-18)28-10-14-13-29-22-20(21(14)26-28)2-1-7-24-22/h1-7,10,15-17,25H,8-9,11-13H2. The number of ether oxygens (including phenoxy) is 1. The number of hydrogen-bond acceptors (Lipinski definition) is 5. The molecule has 3 aromatic rings. The van der Waals surface area contributed by atoms with Crippen molar-refractivity contribution in [2.24, 2.45) is 0 Å². The number of anilines is 1. The van der Waals surface area contributed by atoms with Gasteiger partial charge in [0.2, 0.25) is 5.88 Å². The van der Waals surface area contributed by atoms with Crippen LogP contribution in [0.25, 0.3) is 16.9 Å². The molecule has 0 bridgehead atoms. The molecule has 1 aromatic carbocycles. The Labute approximate surface area is 168 Å². The maximum Gasteiger partial charge on any atom is 0.223 e. The zero-order valence-electron chi connectivity index (χ0n) is 16.0. The lowest BCUT2D eigenvalue weighted by atomic mass is 9.89. The number of aromatic nitrogens is 3. The molecule has 7 heteroatoms. The summed E-state index contributed by atoms with van der Waals surface area (Å²) in [6, 6.07) is 13.2. The van der Waals surface area contributed by atoms with E-state index in [4.69, 9.17) is 9.84 Å². The number of hydrogen-bond donors (Lipinski definition) is 1. The Morgan fingerprint density at radius 3 is 2.62 bits per heavy atom. The third-order valence-corrected chi connectivity index (χ3v) is 6.09. The maximum atomic E-state index is 12.9. The number of alkyl halides is 1. The molecule has 1 saturated carbocycles. The average molecular weight is 391 g/mol. The summed E-state index contributed by atoms with van der Waals surface area (Å²) in [4.78, 5) is 6.63. The molecular formula is C22H22FN5O. The highest BCUT2D eigenvalue weighted by molar-refractivity contribution is 5.69. The Kier molecular flexibility index (Phi) is 3.84. The van der Waals surface area contributed by atoms with Crippen LogP contribution in [0.15, 0.2) is 48.8 Å². The minimum atomic E-state index is -0.597. The van der Waals surface area contributed by atoms with E-state index in [0.29, 0.717) is 37.4 Å². The van der Waals surface area contributed by atoms with Crippen LogP contribution in [0.2, 0.25) is 0 Å². The Bertz CT molecular complexity index is 1040. The predicted octanol–water partition coefficient (Wildman–Crippen LogP) is 3.11. The topological polar surface area (TPSA) is 55.2 Å². The Morgan fingerprint density at radius 1 is 1.03 bits per heavy atom. The van der Waals surface area contributed by atoms with Crippen molar-refractivity contribution in [2.45, 2.75) is 37.7 Å². The van der Waals surface area contributed by atoms with Crippen molar-refractivity contribution in [1.82, 2.24) is 20.1 Å². The van der Waals surface area contributed by atoms with E-state index in [9.17, 15) is 4.39 Å². The summed E-state index contributed by atoms with van der Waals surface area (Å²) in [6.07, 6.45) is 4.51. The van der Waals surface area contributed by atoms with Crippen molar-refractivity contribution in [3.63, 3.8) is 0 Å². The highest BCUT2D eigenvalue weighted by Crippen LogP contribution is 2.35. The molecule has 0 amide bonds. The molecule has 148 valence electrons. The summed E-state index contributed by atoms with van der Waals surface area (Å²) in [5, 5.41) is 8.32. The van der Waals surface area contributed by atoms with Crippen LogP contribution in [0.5, 0.6) is 5.88 Å². The van der Waals surface area contributed by atoms with E-state index >= 15 is 0 Å². The van der Waals surface area contributed by atoms with Gasteiger partial charge in [-0.05, 0) is 49.2 Å². The molecule has 2 aromatic heterocycles. The number of benzene rings is 1. The fourth-order valence-corrected chi connectivity index (χ4v) is 4.34. The van der Waals surface area contributed by atoms with Crippen molar-refractivity contribution in [1.29, 1.82) is 0 Å². The summed E-state index contributed by atoms with van der Waals surface area (Å²) in [6.45, 7) is 2.44. The van der Waals surface area contributed by atoms with E-state index in [-0.39, 0.29) is 0 Å². The minimum Gasteiger partial charge on any atom is -0.472 e. The fraction of sp³-hybridized carbons (Fsp3) is 0.364. The van der Waals surface area contributed by atoms with Gasteiger partial charge in [0, 0.05) is 48.8 Å². The molecule has 29 heavy (non-hydrogen) atoms. The molecule has 0 unspecified atom stereocenters. The normalized spacial score (nSPS) is 22.9. The molecule has 6 rings (SSSR count). The van der Waals surface area contributed by atoms with E-state index in [0.717, 1.165) is 35.6 Å². The molecule has 3 aliphatic rings. The summed E-state index contributed by atoms with van der Waals surface area (Å²) < 4.78 is 20.6. The molecular weight excluding hydrogens is 369 g/mol. The third-order valence-electron chi connectivity index (χ3n) is 6.09. The monoisotopic (exact) mass is 391 g/mol. The maximum absolute atomic E-state index is 12.9. The zero-order chi connectivity index (χ0) is 19.4. The second-order valence-electron chi connectivity index (χ2n) is 8.14. The Hall–Kier alpha value is -2.93. The van der Waals surface area contributed by atoms with Crippen LogP contribution in [0.1, 0.15) is 18.4 Å². The van der Waals surface area contributed by atoms with Gasteiger partial charge in [-0.3, -0.25) is 0 Å². The molecule has 0 atom stereocenters. The van der Waals surface area contributed by atoms with Crippen LogP contribution in [-0.2, 0) is 6.61 Å². The predicted molar refractivity (Wildman–Crippen MR) is 108 cm³/mol. The van der Waals surface area contributed by atoms with Gasteiger partial charge in [-0.25, -0.2) is 14.1 Å². The summed E-state index contributed by atoms with van der Waals surface area (Å²) in [5.41, 5.74) is 5.17. The van der Waals surface area contributed by atoms with Crippen LogP contribution in [0.3, 0.4) is 0 Å².